The third-order valence-electron chi connectivity index (χ3n) is 6.29. The van der Waals surface area contributed by atoms with Crippen LogP contribution in [0.1, 0.15) is 38.5 Å². The molecule has 0 radical (unpaired) electrons. The van der Waals surface area contributed by atoms with Gasteiger partial charge in [-0.15, -0.1) is 0 Å². The number of hydrogen-bond donors (Lipinski definition) is 2. The van der Waals surface area contributed by atoms with Gasteiger partial charge in [0.2, 0.25) is 11.9 Å². The zero-order valence-corrected chi connectivity index (χ0v) is 19.4. The predicted octanol–water partition coefficient (Wildman–Crippen LogP) is 4.52. The van der Waals surface area contributed by atoms with Crippen LogP contribution in [0, 0.1) is 5.92 Å². The smallest absolute Gasteiger partial charge is 0.225 e. The van der Waals surface area contributed by atoms with E-state index >= 15 is 0 Å². The molecule has 3 aromatic rings. The van der Waals surface area contributed by atoms with E-state index < -0.39 is 0 Å². The maximum Gasteiger partial charge on any atom is 0.225 e. The molecule has 0 atom stereocenters. The maximum absolute atomic E-state index is 12.7. The molecule has 5 rings (SSSR count). The Hall–Kier alpha value is -2.81. The number of amides is 1. The summed E-state index contributed by atoms with van der Waals surface area (Å²) in [5.41, 5.74) is 2.26. The fraction of sp³-hybridized carbons (Fsp3) is 0.435. The highest BCUT2D eigenvalue weighted by molar-refractivity contribution is 9.10. The van der Waals surface area contributed by atoms with Crippen LogP contribution in [-0.2, 0) is 4.79 Å². The van der Waals surface area contributed by atoms with Gasteiger partial charge < -0.3 is 15.5 Å². The third kappa shape index (κ3) is 4.67. The molecule has 0 spiro atoms. The van der Waals surface area contributed by atoms with Crippen LogP contribution in [0.3, 0.4) is 0 Å². The zero-order valence-electron chi connectivity index (χ0n) is 17.8. The van der Waals surface area contributed by atoms with E-state index in [1.54, 1.807) is 6.20 Å². The van der Waals surface area contributed by atoms with Gasteiger partial charge in [0.25, 0.3) is 0 Å². The van der Waals surface area contributed by atoms with Crippen LogP contribution in [0.2, 0.25) is 0 Å². The second kappa shape index (κ2) is 9.36. The number of rotatable bonds is 5. The molecule has 1 aliphatic carbocycles. The van der Waals surface area contributed by atoms with E-state index in [0.717, 1.165) is 61.8 Å². The van der Waals surface area contributed by atoms with E-state index in [9.17, 15) is 4.79 Å². The molecule has 166 valence electrons. The Morgan fingerprint density at radius 3 is 2.66 bits per heavy atom. The van der Waals surface area contributed by atoms with Crippen LogP contribution in [0.25, 0.3) is 11.0 Å². The van der Waals surface area contributed by atoms with E-state index in [4.69, 9.17) is 4.98 Å². The van der Waals surface area contributed by atoms with Crippen molar-refractivity contribution in [3.8, 4) is 0 Å². The van der Waals surface area contributed by atoms with Crippen molar-refractivity contribution in [3.05, 3.63) is 41.3 Å². The van der Waals surface area contributed by atoms with E-state index in [2.05, 4.69) is 41.5 Å². The third-order valence-corrected chi connectivity index (χ3v) is 6.79. The Bertz CT molecular complexity index is 1110. The summed E-state index contributed by atoms with van der Waals surface area (Å²) in [6.45, 7) is 1.86. The molecule has 0 bridgehead atoms. The lowest BCUT2D eigenvalue weighted by Crippen LogP contribution is -2.37. The quantitative estimate of drug-likeness (QED) is 0.536. The first kappa shape index (κ1) is 21.1. The summed E-state index contributed by atoms with van der Waals surface area (Å²) in [4.78, 5) is 32.6. The van der Waals surface area contributed by atoms with Crippen molar-refractivity contribution in [2.45, 2.75) is 44.6 Å². The van der Waals surface area contributed by atoms with Gasteiger partial charge in [-0.25, -0.2) is 19.9 Å². The molecule has 2 aromatic heterocycles. The minimum atomic E-state index is 0.165. The molecule has 2 fully saturated rings. The minimum absolute atomic E-state index is 0.165. The normalized spacial score (nSPS) is 21.0. The van der Waals surface area contributed by atoms with Gasteiger partial charge in [-0.2, -0.15) is 0 Å². The Kier molecular flexibility index (Phi) is 6.16. The largest absolute Gasteiger partial charge is 0.351 e. The van der Waals surface area contributed by atoms with Gasteiger partial charge in [0, 0.05) is 35.2 Å². The Morgan fingerprint density at radius 2 is 1.88 bits per heavy atom. The number of halogens is 1. The van der Waals surface area contributed by atoms with Crippen LogP contribution in [0.4, 0.5) is 17.5 Å². The Labute approximate surface area is 195 Å². The van der Waals surface area contributed by atoms with Gasteiger partial charge in [-0.3, -0.25) is 4.79 Å². The van der Waals surface area contributed by atoms with Crippen molar-refractivity contribution in [1.29, 1.82) is 0 Å². The van der Waals surface area contributed by atoms with Gasteiger partial charge in [-0.05, 0) is 56.7 Å². The first-order chi connectivity index (χ1) is 15.7. The van der Waals surface area contributed by atoms with Crippen LogP contribution >= 0.6 is 15.9 Å². The average molecular weight is 496 g/mol. The second-order valence-electron chi connectivity index (χ2n) is 8.51. The van der Waals surface area contributed by atoms with Crippen molar-refractivity contribution in [1.82, 2.24) is 24.8 Å². The van der Waals surface area contributed by atoms with E-state index in [-0.39, 0.29) is 12.0 Å². The number of nitrogens with zero attached hydrogens (tertiary/aromatic N) is 5. The summed E-state index contributed by atoms with van der Waals surface area (Å²) >= 11 is 3.49. The summed E-state index contributed by atoms with van der Waals surface area (Å²) in [5.74, 6) is 1.72. The number of nitrogens with one attached hydrogen (secondary N) is 2. The topological polar surface area (TPSA) is 95.9 Å². The highest BCUT2D eigenvalue weighted by Gasteiger charge is 2.30. The molecule has 0 unspecified atom stereocenters. The summed E-state index contributed by atoms with van der Waals surface area (Å²) in [6, 6.07) is 8.15. The first-order valence-electron chi connectivity index (χ1n) is 11.2. The van der Waals surface area contributed by atoms with Gasteiger partial charge in [0.1, 0.15) is 17.4 Å². The maximum atomic E-state index is 12.7. The molecular weight excluding hydrogens is 470 g/mol. The van der Waals surface area contributed by atoms with Gasteiger partial charge >= 0.3 is 0 Å². The zero-order chi connectivity index (χ0) is 21.9. The van der Waals surface area contributed by atoms with Crippen molar-refractivity contribution in [3.63, 3.8) is 0 Å². The lowest BCUT2D eigenvalue weighted by Gasteiger charge is -2.30. The second-order valence-corrected chi connectivity index (χ2v) is 9.43. The molecular formula is C23H26BrN7O. The molecule has 32 heavy (non-hydrogen) atoms. The fourth-order valence-electron chi connectivity index (χ4n) is 4.58. The fourth-order valence-corrected chi connectivity index (χ4v) is 4.98. The number of hydrogen-bond acceptors (Lipinski definition) is 7. The number of carbonyl (C=O) groups is 1. The SMILES string of the molecule is O=C(C1CCC(Nc2ncc3ncnc(Nc4cccc(Br)c4)c3n2)CC1)N1CCCC1. The number of carbonyl (C=O) groups excluding carboxylic acids is 1. The Morgan fingerprint density at radius 1 is 1.06 bits per heavy atom. The highest BCUT2D eigenvalue weighted by atomic mass is 79.9. The predicted molar refractivity (Wildman–Crippen MR) is 128 cm³/mol. The average Bonchev–Trinajstić information content (AvgIpc) is 3.35. The van der Waals surface area contributed by atoms with Crippen LogP contribution in [0.5, 0.6) is 0 Å². The molecule has 2 N–H and O–H groups in total. The van der Waals surface area contributed by atoms with Crippen molar-refractivity contribution >= 4 is 50.3 Å². The van der Waals surface area contributed by atoms with E-state index in [1.807, 2.05) is 29.2 Å². The van der Waals surface area contributed by atoms with E-state index in [1.165, 1.54) is 6.33 Å². The molecule has 1 aliphatic heterocycles. The lowest BCUT2D eigenvalue weighted by molar-refractivity contribution is -0.135. The standard InChI is InChI=1S/C23H26BrN7O/c24-16-4-3-5-18(12-16)28-21-20-19(26-14-27-21)13-25-23(30-20)29-17-8-6-15(7-9-17)22(32)31-10-1-2-11-31/h3-5,12-15,17H,1-2,6-11H2,(H,25,29,30)(H,26,27,28). The summed E-state index contributed by atoms with van der Waals surface area (Å²) < 4.78 is 0.983. The monoisotopic (exact) mass is 495 g/mol. The number of likely N-dealkylation sites (tertiary alicyclic amines) is 1. The number of fused-ring (bicyclic) bond motifs is 1. The molecule has 1 saturated heterocycles. The van der Waals surface area contributed by atoms with Crippen molar-refractivity contribution in [2.75, 3.05) is 23.7 Å². The minimum Gasteiger partial charge on any atom is -0.351 e. The molecule has 9 heteroatoms. The lowest BCUT2D eigenvalue weighted by atomic mass is 9.85. The summed E-state index contributed by atoms with van der Waals surface area (Å²) in [6.07, 6.45) is 9.24. The number of anilines is 3. The van der Waals surface area contributed by atoms with Crippen LogP contribution < -0.4 is 10.6 Å². The summed E-state index contributed by atoms with van der Waals surface area (Å²) in [7, 11) is 0. The molecule has 3 heterocycles. The van der Waals surface area contributed by atoms with Gasteiger partial charge in [0.05, 0.1) is 6.20 Å². The molecule has 1 amide bonds. The van der Waals surface area contributed by atoms with Gasteiger partial charge in [-0.1, -0.05) is 22.0 Å². The van der Waals surface area contributed by atoms with Gasteiger partial charge in [0.15, 0.2) is 5.82 Å². The first-order valence-corrected chi connectivity index (χ1v) is 12.0. The molecule has 1 saturated carbocycles. The number of benzene rings is 1. The number of aromatic nitrogens is 4. The summed E-state index contributed by atoms with van der Waals surface area (Å²) in [5, 5.41) is 6.79. The van der Waals surface area contributed by atoms with Crippen molar-refractivity contribution in [2.24, 2.45) is 5.92 Å². The van der Waals surface area contributed by atoms with E-state index in [0.29, 0.717) is 28.7 Å². The van der Waals surface area contributed by atoms with Crippen molar-refractivity contribution < 1.29 is 4.79 Å². The van der Waals surface area contributed by atoms with Crippen LogP contribution in [-0.4, -0.2) is 49.9 Å². The molecule has 1 aromatic carbocycles. The van der Waals surface area contributed by atoms with Crippen LogP contribution in [0.15, 0.2) is 41.3 Å². The Balaban J connectivity index is 1.26. The highest BCUT2D eigenvalue weighted by Crippen LogP contribution is 2.29. The molecule has 2 aliphatic rings. The molecule has 8 nitrogen and oxygen atoms in total.